The molecule has 2 unspecified atom stereocenters. The summed E-state index contributed by atoms with van der Waals surface area (Å²) < 4.78 is 109. The number of carbonyl (C=O) groups is 2. The number of hydrogen-bond acceptors (Lipinski definition) is 10. The number of pyridine rings is 4. The molecule has 8 rings (SSSR count). The largest absolute Gasteiger partial charge is 0.491 e. The summed E-state index contributed by atoms with van der Waals surface area (Å²) in [4.78, 5) is 44.1. The van der Waals surface area contributed by atoms with Gasteiger partial charge in [0, 0.05) is 68.4 Å². The van der Waals surface area contributed by atoms with Gasteiger partial charge in [0.05, 0.1) is 36.8 Å². The number of anilines is 2. The summed E-state index contributed by atoms with van der Waals surface area (Å²) in [5.74, 6) is -1.52. The van der Waals surface area contributed by atoms with E-state index >= 15 is 0 Å². The second-order valence-corrected chi connectivity index (χ2v) is 16.2. The Morgan fingerprint density at radius 1 is 0.781 bits per heavy atom. The van der Waals surface area contributed by atoms with Crippen molar-refractivity contribution in [2.24, 2.45) is 0 Å². The van der Waals surface area contributed by atoms with Gasteiger partial charge in [0.25, 0.3) is 11.8 Å². The predicted molar refractivity (Wildman–Crippen MR) is 220 cm³/mol. The Labute approximate surface area is 362 Å². The van der Waals surface area contributed by atoms with Gasteiger partial charge < -0.3 is 38.4 Å². The number of alkyl halides is 6. The smallest absolute Gasteiger partial charge is 0.433 e. The molecular formula is C44H44F6N8O6. The summed E-state index contributed by atoms with van der Waals surface area (Å²) in [6.07, 6.45) is 0.0130. The molecule has 2 fully saturated rings. The fourth-order valence-electron chi connectivity index (χ4n) is 7.91. The molecule has 0 bridgehead atoms. The normalized spacial score (nSPS) is 18.0. The number of aromatic nitrogens is 6. The molecule has 6 aromatic heterocycles. The van der Waals surface area contributed by atoms with Crippen LogP contribution in [0.4, 0.5) is 37.7 Å². The summed E-state index contributed by atoms with van der Waals surface area (Å²) in [6.45, 7) is 7.40. The Bertz CT molecular complexity index is 2690. The number of ether oxygens (including phenoxy) is 4. The van der Waals surface area contributed by atoms with Crippen LogP contribution in [0.25, 0.3) is 11.3 Å². The zero-order valence-electron chi connectivity index (χ0n) is 35.0. The number of imidazole rings is 2. The fourth-order valence-corrected chi connectivity index (χ4v) is 7.91. The number of nitrogens with one attached hydrogen (secondary N) is 2. The summed E-state index contributed by atoms with van der Waals surface area (Å²) in [5, 5.41) is 5.27. The number of hydrogen-bond donors (Lipinski definition) is 2. The standard InChI is InChI=1S/C44H44F6N8O6/c1-4-62-33-17-37-52-29(26-13-16-64-42(2,3)19-26)20-57(37)22-31(33)55-41(60)39-25(10-11-36(56-39)44(48,49)50)12-15-63-34-18-38-53-30(27-7-6-14-61-24-27)21-58(38)23-32(34)54-40(59)28-8-5-9-35(51-28)43(45,46)47/h5,8-11,17-18,20-23,26-27H,4,6-7,12-16,19,24H2,1-3H3,(H,54,59)(H,55,60). The van der Waals surface area contributed by atoms with Gasteiger partial charge in [0.15, 0.2) is 0 Å². The first kappa shape index (κ1) is 44.3. The van der Waals surface area contributed by atoms with E-state index in [1.54, 1.807) is 34.2 Å². The van der Waals surface area contributed by atoms with Crippen LogP contribution >= 0.6 is 0 Å². The van der Waals surface area contributed by atoms with Gasteiger partial charge in [-0.3, -0.25) is 9.59 Å². The number of fused-ring (bicyclic) bond motifs is 2. The minimum atomic E-state index is -4.88. The third-order valence-electron chi connectivity index (χ3n) is 11.0. The highest BCUT2D eigenvalue weighted by molar-refractivity contribution is 6.05. The van der Waals surface area contributed by atoms with Crippen LogP contribution in [-0.4, -0.2) is 79.2 Å². The molecule has 0 spiro atoms. The number of halogens is 6. The van der Waals surface area contributed by atoms with E-state index in [4.69, 9.17) is 28.9 Å². The van der Waals surface area contributed by atoms with Gasteiger partial charge in [-0.05, 0) is 70.2 Å². The van der Waals surface area contributed by atoms with Crippen molar-refractivity contribution < 1.29 is 54.9 Å². The predicted octanol–water partition coefficient (Wildman–Crippen LogP) is 8.90. The lowest BCUT2D eigenvalue weighted by Gasteiger charge is -2.34. The molecule has 20 heteroatoms. The van der Waals surface area contributed by atoms with Gasteiger partial charge in [0.1, 0.15) is 56.9 Å². The van der Waals surface area contributed by atoms with E-state index < -0.39 is 46.9 Å². The highest BCUT2D eigenvalue weighted by Crippen LogP contribution is 2.37. The van der Waals surface area contributed by atoms with E-state index in [0.29, 0.717) is 36.8 Å². The Morgan fingerprint density at radius 3 is 2.05 bits per heavy atom. The van der Waals surface area contributed by atoms with Crippen LogP contribution in [0.15, 0.2) is 67.3 Å². The van der Waals surface area contributed by atoms with Gasteiger partial charge in [0.2, 0.25) is 0 Å². The van der Waals surface area contributed by atoms with E-state index in [-0.39, 0.29) is 65.5 Å². The zero-order valence-corrected chi connectivity index (χ0v) is 35.0. The summed E-state index contributed by atoms with van der Waals surface area (Å²) in [6, 6.07) is 7.97. The molecule has 2 atom stereocenters. The van der Waals surface area contributed by atoms with E-state index in [1.165, 1.54) is 12.3 Å². The minimum absolute atomic E-state index is 0.00391. The molecule has 0 radical (unpaired) electrons. The lowest BCUT2D eigenvalue weighted by atomic mass is 9.86. The highest BCUT2D eigenvalue weighted by atomic mass is 19.4. The fraction of sp³-hybridized carbons (Fsp3) is 0.409. The van der Waals surface area contributed by atoms with Gasteiger partial charge >= 0.3 is 12.4 Å². The Hall–Kier alpha value is -6.28. The molecule has 2 N–H and O–H groups in total. The molecule has 2 amide bonds. The number of amides is 2. The molecule has 0 aromatic carbocycles. The maximum Gasteiger partial charge on any atom is 0.433 e. The maximum absolute atomic E-state index is 14.0. The average Bonchev–Trinajstić information content (AvgIpc) is 3.87. The molecule has 2 saturated heterocycles. The summed E-state index contributed by atoms with van der Waals surface area (Å²) in [7, 11) is 0. The average molecular weight is 895 g/mol. The summed E-state index contributed by atoms with van der Waals surface area (Å²) >= 11 is 0. The van der Waals surface area contributed by atoms with Crippen molar-refractivity contribution in [3.05, 3.63) is 107 Å². The second-order valence-electron chi connectivity index (χ2n) is 16.2. The zero-order chi connectivity index (χ0) is 45.4. The molecule has 64 heavy (non-hydrogen) atoms. The van der Waals surface area contributed by atoms with E-state index in [0.717, 1.165) is 61.7 Å². The van der Waals surface area contributed by atoms with Crippen LogP contribution in [0.2, 0.25) is 0 Å². The third kappa shape index (κ3) is 9.91. The van der Waals surface area contributed by atoms with Crippen molar-refractivity contribution in [2.45, 2.75) is 82.7 Å². The number of carbonyl (C=O) groups excluding carboxylic acids is 2. The minimum Gasteiger partial charge on any atom is -0.491 e. The lowest BCUT2D eigenvalue weighted by Crippen LogP contribution is -2.33. The molecule has 2 aliphatic rings. The van der Waals surface area contributed by atoms with Crippen molar-refractivity contribution in [2.75, 3.05) is 43.7 Å². The van der Waals surface area contributed by atoms with Crippen molar-refractivity contribution in [3.8, 4) is 11.5 Å². The van der Waals surface area contributed by atoms with Crippen LogP contribution in [0.3, 0.4) is 0 Å². The molecule has 2 aliphatic heterocycles. The van der Waals surface area contributed by atoms with Crippen molar-refractivity contribution in [1.82, 2.24) is 28.7 Å². The maximum atomic E-state index is 14.0. The third-order valence-corrected chi connectivity index (χ3v) is 11.0. The monoisotopic (exact) mass is 894 g/mol. The molecule has 0 saturated carbocycles. The van der Waals surface area contributed by atoms with Crippen LogP contribution in [-0.2, 0) is 28.2 Å². The SMILES string of the molecule is CCOc1cc2nc(C3CCOC(C)(C)C3)cn2cc1NC(=O)c1nc(C(F)(F)F)ccc1CCOc1cc2nc(C3CCCOC3)cn2cc1NC(=O)c1cccc(C(F)(F)F)n1. The molecule has 6 aromatic rings. The van der Waals surface area contributed by atoms with E-state index in [9.17, 15) is 35.9 Å². The molecule has 14 nitrogen and oxygen atoms in total. The molecule has 0 aliphatic carbocycles. The van der Waals surface area contributed by atoms with Crippen molar-refractivity contribution >= 4 is 34.5 Å². The van der Waals surface area contributed by atoms with E-state index in [1.807, 2.05) is 20.0 Å². The van der Waals surface area contributed by atoms with Gasteiger partial charge in [-0.15, -0.1) is 0 Å². The van der Waals surface area contributed by atoms with Gasteiger partial charge in [-0.25, -0.2) is 19.9 Å². The Kier molecular flexibility index (Phi) is 12.3. The first-order valence-corrected chi connectivity index (χ1v) is 20.7. The first-order chi connectivity index (χ1) is 30.4. The van der Waals surface area contributed by atoms with E-state index in [2.05, 4.69) is 20.6 Å². The topological polar surface area (TPSA) is 156 Å². The number of rotatable bonds is 12. The second kappa shape index (κ2) is 17.7. The van der Waals surface area contributed by atoms with Crippen LogP contribution in [0.5, 0.6) is 11.5 Å². The Balaban J connectivity index is 1.07. The van der Waals surface area contributed by atoms with Crippen LogP contribution < -0.4 is 20.1 Å². The van der Waals surface area contributed by atoms with Crippen molar-refractivity contribution in [1.29, 1.82) is 0 Å². The first-order valence-electron chi connectivity index (χ1n) is 20.7. The molecule has 8 heterocycles. The molecule has 338 valence electrons. The quantitative estimate of drug-likeness (QED) is 0.114. The Morgan fingerprint density at radius 2 is 1.42 bits per heavy atom. The van der Waals surface area contributed by atoms with Crippen molar-refractivity contribution in [3.63, 3.8) is 0 Å². The lowest BCUT2D eigenvalue weighted by molar-refractivity contribution is -0.142. The van der Waals surface area contributed by atoms with Gasteiger partial charge in [-0.1, -0.05) is 12.1 Å². The highest BCUT2D eigenvalue weighted by Gasteiger charge is 2.35. The summed E-state index contributed by atoms with van der Waals surface area (Å²) in [5.41, 5.74) is -1.13. The number of nitrogens with zero attached hydrogens (tertiary/aromatic N) is 6. The van der Waals surface area contributed by atoms with Crippen LogP contribution in [0, 0.1) is 0 Å². The van der Waals surface area contributed by atoms with Crippen LogP contribution in [0.1, 0.15) is 108 Å². The molecular weight excluding hydrogens is 851 g/mol. The van der Waals surface area contributed by atoms with Gasteiger partial charge in [-0.2, -0.15) is 26.3 Å².